The van der Waals surface area contributed by atoms with E-state index in [2.05, 4.69) is 10.1 Å². The van der Waals surface area contributed by atoms with Gasteiger partial charge in [0, 0.05) is 10.7 Å². The van der Waals surface area contributed by atoms with Gasteiger partial charge in [0.15, 0.2) is 0 Å². The molecule has 0 aliphatic rings. The Hall–Kier alpha value is -2.32. The summed E-state index contributed by atoms with van der Waals surface area (Å²) in [5.41, 5.74) is 1.61. The quantitative estimate of drug-likeness (QED) is 0.899. The zero-order chi connectivity index (χ0) is 14.5. The second-order valence-corrected chi connectivity index (χ2v) is 4.27. The Morgan fingerprint density at radius 1 is 1.15 bits per heavy atom. The molecule has 102 valence electrons. The Labute approximate surface area is 119 Å². The minimum absolute atomic E-state index is 0.0668. The summed E-state index contributed by atoms with van der Waals surface area (Å²) in [7, 11) is 0. The first-order chi connectivity index (χ1) is 9.58. The molecule has 20 heavy (non-hydrogen) atoms. The summed E-state index contributed by atoms with van der Waals surface area (Å²) in [6, 6.07) is 12.8. The molecule has 2 aromatic rings. The van der Waals surface area contributed by atoms with Crippen LogP contribution in [0.4, 0.5) is 20.2 Å². The van der Waals surface area contributed by atoms with Gasteiger partial charge >= 0.3 is 6.61 Å². The fourth-order valence-electron chi connectivity index (χ4n) is 1.59. The molecule has 0 atom stereocenters. The van der Waals surface area contributed by atoms with Crippen molar-refractivity contribution in [2.45, 2.75) is 6.61 Å². The summed E-state index contributed by atoms with van der Waals surface area (Å²) in [4.78, 5) is 0. The van der Waals surface area contributed by atoms with E-state index in [1.165, 1.54) is 12.1 Å². The predicted octanol–water partition coefficient (Wildman–Crippen LogP) is 4.56. The van der Waals surface area contributed by atoms with Gasteiger partial charge in [0.2, 0.25) is 0 Å². The van der Waals surface area contributed by atoms with Crippen molar-refractivity contribution in [3.63, 3.8) is 0 Å². The third-order valence-electron chi connectivity index (χ3n) is 2.46. The molecule has 0 aromatic heterocycles. The van der Waals surface area contributed by atoms with Crippen molar-refractivity contribution in [1.82, 2.24) is 0 Å². The SMILES string of the molecule is N#Cc1ccc(Cl)cc1Nc1ccc(OC(F)F)cc1. The van der Waals surface area contributed by atoms with E-state index in [9.17, 15) is 8.78 Å². The van der Waals surface area contributed by atoms with Crippen LogP contribution >= 0.6 is 11.6 Å². The molecule has 0 bridgehead atoms. The topological polar surface area (TPSA) is 45.0 Å². The highest BCUT2D eigenvalue weighted by Crippen LogP contribution is 2.25. The highest BCUT2D eigenvalue weighted by molar-refractivity contribution is 6.30. The summed E-state index contributed by atoms with van der Waals surface area (Å²) in [6.45, 7) is -2.85. The first kappa shape index (κ1) is 14.1. The Morgan fingerprint density at radius 3 is 2.45 bits per heavy atom. The van der Waals surface area contributed by atoms with Crippen LogP contribution in [0.25, 0.3) is 0 Å². The molecule has 2 rings (SSSR count). The summed E-state index contributed by atoms with van der Waals surface area (Å²) in [6.07, 6.45) is 0. The van der Waals surface area contributed by atoms with Crippen LogP contribution < -0.4 is 10.1 Å². The Kier molecular flexibility index (Phi) is 4.38. The number of hydrogen-bond acceptors (Lipinski definition) is 3. The van der Waals surface area contributed by atoms with E-state index < -0.39 is 6.61 Å². The van der Waals surface area contributed by atoms with Gasteiger partial charge in [-0.05, 0) is 42.5 Å². The molecule has 0 amide bonds. The summed E-state index contributed by atoms with van der Waals surface area (Å²) < 4.78 is 28.3. The minimum Gasteiger partial charge on any atom is -0.435 e. The Balaban J connectivity index is 2.18. The van der Waals surface area contributed by atoms with Gasteiger partial charge < -0.3 is 10.1 Å². The first-order valence-corrected chi connectivity index (χ1v) is 5.98. The summed E-state index contributed by atoms with van der Waals surface area (Å²) in [5.74, 6) is 0.0668. The zero-order valence-electron chi connectivity index (χ0n) is 10.1. The van der Waals surface area contributed by atoms with Crippen LogP contribution in [-0.2, 0) is 0 Å². The van der Waals surface area contributed by atoms with E-state index in [1.54, 1.807) is 30.3 Å². The van der Waals surface area contributed by atoms with Gasteiger partial charge in [0.05, 0.1) is 11.3 Å². The molecule has 0 saturated carbocycles. The number of hydrogen-bond donors (Lipinski definition) is 1. The van der Waals surface area contributed by atoms with Crippen LogP contribution in [0.5, 0.6) is 5.75 Å². The van der Waals surface area contributed by atoms with E-state index in [1.807, 2.05) is 6.07 Å². The summed E-state index contributed by atoms with van der Waals surface area (Å²) in [5, 5.41) is 12.5. The number of halogens is 3. The van der Waals surface area contributed by atoms with Gasteiger partial charge in [-0.25, -0.2) is 0 Å². The number of nitrogens with zero attached hydrogens (tertiary/aromatic N) is 1. The predicted molar refractivity (Wildman–Crippen MR) is 72.5 cm³/mol. The molecule has 0 saturated heterocycles. The number of ether oxygens (including phenoxy) is 1. The van der Waals surface area contributed by atoms with Gasteiger partial charge in [-0.1, -0.05) is 11.6 Å². The maximum Gasteiger partial charge on any atom is 0.387 e. The Bertz CT molecular complexity index is 639. The number of rotatable bonds is 4. The van der Waals surface area contributed by atoms with E-state index in [0.29, 0.717) is 22.0 Å². The van der Waals surface area contributed by atoms with Crippen LogP contribution in [-0.4, -0.2) is 6.61 Å². The average molecular weight is 295 g/mol. The molecule has 0 fully saturated rings. The number of benzene rings is 2. The maximum atomic E-state index is 12.0. The second-order valence-electron chi connectivity index (χ2n) is 3.83. The number of nitriles is 1. The van der Waals surface area contributed by atoms with Gasteiger partial charge in [0.1, 0.15) is 11.8 Å². The van der Waals surface area contributed by atoms with Crippen LogP contribution in [0, 0.1) is 11.3 Å². The Morgan fingerprint density at radius 2 is 1.85 bits per heavy atom. The van der Waals surface area contributed by atoms with Gasteiger partial charge in [-0.2, -0.15) is 14.0 Å². The van der Waals surface area contributed by atoms with E-state index in [4.69, 9.17) is 16.9 Å². The van der Waals surface area contributed by atoms with Gasteiger partial charge in [-0.3, -0.25) is 0 Å². The highest BCUT2D eigenvalue weighted by atomic mass is 35.5. The molecule has 1 N–H and O–H groups in total. The first-order valence-electron chi connectivity index (χ1n) is 5.60. The number of anilines is 2. The van der Waals surface area contributed by atoms with Crippen LogP contribution in [0.3, 0.4) is 0 Å². The van der Waals surface area contributed by atoms with Crippen molar-refractivity contribution in [2.75, 3.05) is 5.32 Å². The molecule has 3 nitrogen and oxygen atoms in total. The zero-order valence-corrected chi connectivity index (χ0v) is 10.9. The molecule has 0 radical (unpaired) electrons. The lowest BCUT2D eigenvalue weighted by molar-refractivity contribution is -0.0498. The lowest BCUT2D eigenvalue weighted by Crippen LogP contribution is -2.01. The van der Waals surface area contributed by atoms with Crippen molar-refractivity contribution < 1.29 is 13.5 Å². The van der Waals surface area contributed by atoms with Crippen molar-refractivity contribution in [3.8, 4) is 11.8 Å². The second kappa shape index (κ2) is 6.22. The molecule has 0 unspecified atom stereocenters. The maximum absolute atomic E-state index is 12.0. The highest BCUT2D eigenvalue weighted by Gasteiger charge is 2.06. The van der Waals surface area contributed by atoms with E-state index >= 15 is 0 Å². The fraction of sp³-hybridized carbons (Fsp3) is 0.0714. The molecule has 0 aliphatic heterocycles. The normalized spacial score (nSPS) is 10.2. The molecule has 0 spiro atoms. The van der Waals surface area contributed by atoms with Gasteiger partial charge in [0.25, 0.3) is 0 Å². The third-order valence-corrected chi connectivity index (χ3v) is 2.70. The molecule has 0 heterocycles. The molecular weight excluding hydrogens is 286 g/mol. The van der Waals surface area contributed by atoms with Gasteiger partial charge in [-0.15, -0.1) is 0 Å². The number of nitrogens with one attached hydrogen (secondary N) is 1. The standard InChI is InChI=1S/C14H9ClF2N2O/c15-10-2-1-9(8-18)13(7-10)19-11-3-5-12(6-4-11)20-14(16)17/h1-7,14,19H. The van der Waals surface area contributed by atoms with E-state index in [0.717, 1.165) is 0 Å². The largest absolute Gasteiger partial charge is 0.435 e. The smallest absolute Gasteiger partial charge is 0.387 e. The summed E-state index contributed by atoms with van der Waals surface area (Å²) >= 11 is 5.87. The number of alkyl halides is 2. The molecule has 2 aromatic carbocycles. The minimum atomic E-state index is -2.85. The lowest BCUT2D eigenvalue weighted by atomic mass is 10.2. The molecule has 6 heteroatoms. The van der Waals surface area contributed by atoms with Crippen LogP contribution in [0.1, 0.15) is 5.56 Å². The van der Waals surface area contributed by atoms with Crippen LogP contribution in [0.2, 0.25) is 5.02 Å². The molecule has 0 aliphatic carbocycles. The fourth-order valence-corrected chi connectivity index (χ4v) is 1.76. The monoisotopic (exact) mass is 294 g/mol. The van der Waals surface area contributed by atoms with Crippen molar-refractivity contribution in [2.24, 2.45) is 0 Å². The van der Waals surface area contributed by atoms with E-state index in [-0.39, 0.29) is 5.75 Å². The molecular formula is C14H9ClF2N2O. The lowest BCUT2D eigenvalue weighted by Gasteiger charge is -2.10. The van der Waals surface area contributed by atoms with Crippen molar-refractivity contribution in [1.29, 1.82) is 5.26 Å². The third kappa shape index (κ3) is 3.59. The van der Waals surface area contributed by atoms with Crippen molar-refractivity contribution in [3.05, 3.63) is 53.1 Å². The van der Waals surface area contributed by atoms with Crippen molar-refractivity contribution >= 4 is 23.0 Å². The van der Waals surface area contributed by atoms with Crippen LogP contribution in [0.15, 0.2) is 42.5 Å². The average Bonchev–Trinajstić information content (AvgIpc) is 2.41.